The van der Waals surface area contributed by atoms with Crippen LogP contribution < -0.4 is 5.32 Å². The number of non-ortho nitro benzene ring substituents is 1. The van der Waals surface area contributed by atoms with Crippen molar-refractivity contribution in [2.24, 2.45) is 0 Å². The molecule has 0 saturated carbocycles. The van der Waals surface area contributed by atoms with Crippen molar-refractivity contribution < 1.29 is 4.92 Å². The first-order chi connectivity index (χ1) is 9.88. The van der Waals surface area contributed by atoms with Crippen LogP contribution in [0.3, 0.4) is 0 Å². The summed E-state index contributed by atoms with van der Waals surface area (Å²) in [7, 11) is 0. The van der Waals surface area contributed by atoms with Crippen LogP contribution in [0.2, 0.25) is 10.0 Å². The van der Waals surface area contributed by atoms with Crippen LogP contribution in [0.15, 0.2) is 40.9 Å². The molecule has 1 atom stereocenters. The zero-order valence-electron chi connectivity index (χ0n) is 10.9. The van der Waals surface area contributed by atoms with Crippen molar-refractivity contribution in [1.29, 1.82) is 0 Å². The Bertz CT molecular complexity index is 695. The van der Waals surface area contributed by atoms with Crippen molar-refractivity contribution in [1.82, 2.24) is 0 Å². The molecular weight excluding hydrogens is 379 g/mol. The van der Waals surface area contributed by atoms with E-state index in [1.807, 2.05) is 13.0 Å². The molecule has 2 aromatic carbocycles. The number of nitro benzene ring substituents is 1. The van der Waals surface area contributed by atoms with E-state index in [0.717, 1.165) is 10.0 Å². The van der Waals surface area contributed by atoms with E-state index in [4.69, 9.17) is 23.2 Å². The van der Waals surface area contributed by atoms with Gasteiger partial charge in [0.1, 0.15) is 0 Å². The van der Waals surface area contributed by atoms with Gasteiger partial charge >= 0.3 is 0 Å². The predicted octanol–water partition coefficient (Wildman–Crippen LogP) is 5.84. The van der Waals surface area contributed by atoms with Gasteiger partial charge in [0.25, 0.3) is 5.69 Å². The van der Waals surface area contributed by atoms with Gasteiger partial charge in [-0.1, -0.05) is 29.3 Å². The van der Waals surface area contributed by atoms with E-state index in [0.29, 0.717) is 15.7 Å². The number of benzene rings is 2. The highest BCUT2D eigenvalue weighted by molar-refractivity contribution is 9.10. The molecule has 0 bridgehead atoms. The number of hydrogen-bond acceptors (Lipinski definition) is 3. The van der Waals surface area contributed by atoms with Gasteiger partial charge in [-0.15, -0.1) is 0 Å². The van der Waals surface area contributed by atoms with Gasteiger partial charge in [0, 0.05) is 22.6 Å². The van der Waals surface area contributed by atoms with Gasteiger partial charge in [-0.2, -0.15) is 0 Å². The largest absolute Gasteiger partial charge is 0.377 e. The summed E-state index contributed by atoms with van der Waals surface area (Å²) in [6, 6.07) is 9.83. The maximum absolute atomic E-state index is 10.8. The zero-order chi connectivity index (χ0) is 15.6. The Labute approximate surface area is 140 Å². The van der Waals surface area contributed by atoms with Gasteiger partial charge in [-0.05, 0) is 46.6 Å². The molecule has 21 heavy (non-hydrogen) atoms. The summed E-state index contributed by atoms with van der Waals surface area (Å²) in [5.74, 6) is 0. The highest BCUT2D eigenvalue weighted by Crippen LogP contribution is 2.32. The van der Waals surface area contributed by atoms with E-state index in [1.54, 1.807) is 18.2 Å². The van der Waals surface area contributed by atoms with Crippen molar-refractivity contribution >= 4 is 50.5 Å². The van der Waals surface area contributed by atoms with E-state index >= 15 is 0 Å². The van der Waals surface area contributed by atoms with E-state index in [9.17, 15) is 10.1 Å². The number of nitrogens with one attached hydrogen (secondary N) is 1. The third-order valence-corrected chi connectivity index (χ3v) is 4.41. The second-order valence-corrected chi connectivity index (χ2v) is 6.13. The average molecular weight is 390 g/mol. The molecule has 1 unspecified atom stereocenters. The number of anilines is 1. The van der Waals surface area contributed by atoms with Crippen molar-refractivity contribution in [2.45, 2.75) is 13.0 Å². The summed E-state index contributed by atoms with van der Waals surface area (Å²) in [5, 5.41) is 15.0. The van der Waals surface area contributed by atoms with Gasteiger partial charge in [-0.25, -0.2) is 0 Å². The van der Waals surface area contributed by atoms with Crippen LogP contribution in [0, 0.1) is 10.1 Å². The molecular formula is C14H11BrCl2N2O2. The van der Waals surface area contributed by atoms with E-state index in [-0.39, 0.29) is 11.7 Å². The molecule has 4 nitrogen and oxygen atoms in total. The minimum Gasteiger partial charge on any atom is -0.377 e. The smallest absolute Gasteiger partial charge is 0.271 e. The second-order valence-electron chi connectivity index (χ2n) is 4.46. The summed E-state index contributed by atoms with van der Waals surface area (Å²) < 4.78 is 0.750. The summed E-state index contributed by atoms with van der Waals surface area (Å²) in [6.45, 7) is 1.94. The van der Waals surface area contributed by atoms with Gasteiger partial charge in [0.2, 0.25) is 0 Å². The highest BCUT2D eigenvalue weighted by Gasteiger charge is 2.13. The van der Waals surface area contributed by atoms with Gasteiger partial charge in [0.05, 0.1) is 20.7 Å². The van der Waals surface area contributed by atoms with Crippen LogP contribution in [0.25, 0.3) is 0 Å². The lowest BCUT2D eigenvalue weighted by Gasteiger charge is -2.17. The third kappa shape index (κ3) is 3.87. The molecule has 0 aliphatic heterocycles. The Hall–Kier alpha value is -1.30. The molecule has 0 amide bonds. The van der Waals surface area contributed by atoms with E-state index in [1.165, 1.54) is 12.1 Å². The maximum atomic E-state index is 10.8. The van der Waals surface area contributed by atoms with Gasteiger partial charge < -0.3 is 5.32 Å². The molecule has 2 aromatic rings. The first kappa shape index (κ1) is 16.1. The van der Waals surface area contributed by atoms with Crippen molar-refractivity contribution in [3.05, 3.63) is 66.6 Å². The van der Waals surface area contributed by atoms with E-state index < -0.39 is 4.92 Å². The van der Waals surface area contributed by atoms with Crippen molar-refractivity contribution in [2.75, 3.05) is 5.32 Å². The lowest BCUT2D eigenvalue weighted by atomic mass is 10.1. The molecule has 0 aliphatic rings. The molecule has 0 saturated heterocycles. The van der Waals surface area contributed by atoms with Gasteiger partial charge in [0.15, 0.2) is 0 Å². The fourth-order valence-corrected chi connectivity index (χ4v) is 2.50. The molecule has 0 aliphatic carbocycles. The first-order valence-electron chi connectivity index (χ1n) is 6.04. The number of halogens is 3. The molecule has 0 heterocycles. The predicted molar refractivity (Wildman–Crippen MR) is 89.3 cm³/mol. The second kappa shape index (κ2) is 6.64. The Morgan fingerprint density at radius 2 is 1.90 bits per heavy atom. The molecule has 0 radical (unpaired) electrons. The Morgan fingerprint density at radius 1 is 1.19 bits per heavy atom. The van der Waals surface area contributed by atoms with Crippen LogP contribution >= 0.6 is 39.1 Å². The molecule has 0 aromatic heterocycles. The Morgan fingerprint density at radius 3 is 2.52 bits per heavy atom. The summed E-state index contributed by atoms with van der Waals surface area (Å²) >= 11 is 15.3. The number of hydrogen-bond donors (Lipinski definition) is 1. The lowest BCUT2D eigenvalue weighted by Crippen LogP contribution is -2.07. The van der Waals surface area contributed by atoms with Crippen LogP contribution in [0.4, 0.5) is 11.4 Å². The molecule has 1 N–H and O–H groups in total. The Kier molecular flexibility index (Phi) is 5.08. The van der Waals surface area contributed by atoms with Crippen LogP contribution in [0.1, 0.15) is 18.5 Å². The molecule has 0 spiro atoms. The summed E-state index contributed by atoms with van der Waals surface area (Å²) in [5.41, 5.74) is 1.60. The number of rotatable bonds is 4. The summed E-state index contributed by atoms with van der Waals surface area (Å²) in [6.07, 6.45) is 0. The van der Waals surface area contributed by atoms with Crippen molar-refractivity contribution in [3.63, 3.8) is 0 Å². The fraction of sp³-hybridized carbons (Fsp3) is 0.143. The highest BCUT2D eigenvalue weighted by atomic mass is 79.9. The van der Waals surface area contributed by atoms with Crippen LogP contribution in [-0.4, -0.2) is 4.92 Å². The van der Waals surface area contributed by atoms with Crippen molar-refractivity contribution in [3.8, 4) is 0 Å². The minimum absolute atomic E-state index is 0.0297. The SMILES string of the molecule is CC(Nc1cc([N+](=O)[O-])ccc1Br)c1ccc(Cl)c(Cl)c1. The lowest BCUT2D eigenvalue weighted by molar-refractivity contribution is -0.384. The molecule has 110 valence electrons. The van der Waals surface area contributed by atoms with E-state index in [2.05, 4.69) is 21.2 Å². The standard InChI is InChI=1S/C14H11BrCl2N2O2/c1-8(9-2-5-12(16)13(17)6-9)18-14-7-10(19(20)21)3-4-11(14)15/h2-8,18H,1H3. The van der Waals surface area contributed by atoms with Crippen LogP contribution in [-0.2, 0) is 0 Å². The third-order valence-electron chi connectivity index (χ3n) is 2.98. The maximum Gasteiger partial charge on any atom is 0.271 e. The Balaban J connectivity index is 2.26. The van der Waals surface area contributed by atoms with Gasteiger partial charge in [-0.3, -0.25) is 10.1 Å². The van der Waals surface area contributed by atoms with Crippen LogP contribution in [0.5, 0.6) is 0 Å². The topological polar surface area (TPSA) is 55.2 Å². The first-order valence-corrected chi connectivity index (χ1v) is 7.59. The molecule has 2 rings (SSSR count). The number of nitro groups is 1. The molecule has 7 heteroatoms. The monoisotopic (exact) mass is 388 g/mol. The molecule has 0 fully saturated rings. The normalized spacial score (nSPS) is 12.0. The average Bonchev–Trinajstić information content (AvgIpc) is 2.43. The fourth-order valence-electron chi connectivity index (χ4n) is 1.84. The zero-order valence-corrected chi connectivity index (χ0v) is 14.0. The minimum atomic E-state index is -0.429. The summed E-state index contributed by atoms with van der Waals surface area (Å²) in [4.78, 5) is 10.4. The number of nitrogens with zero attached hydrogens (tertiary/aromatic N) is 1. The quantitative estimate of drug-likeness (QED) is 0.528.